The highest BCUT2D eigenvalue weighted by Gasteiger charge is 2.44. The SMILES string of the molecule is CCC(C(=O)N1c2ccccc2-c2c(ssc2=S)C1(C)C)c1ccccc1. The molecular weight excluding hydrogens is 390 g/mol. The molecule has 2 nitrogen and oxygen atoms in total. The molecule has 1 unspecified atom stereocenters. The second-order valence-electron chi connectivity index (χ2n) is 7.28. The first-order chi connectivity index (χ1) is 13.0. The maximum Gasteiger partial charge on any atom is 0.235 e. The Bertz CT molecular complexity index is 1050. The van der Waals surface area contributed by atoms with Gasteiger partial charge < -0.3 is 4.90 Å². The van der Waals surface area contributed by atoms with E-state index in [0.717, 1.165) is 32.6 Å². The Morgan fingerprint density at radius 3 is 2.44 bits per heavy atom. The zero-order valence-corrected chi connectivity index (χ0v) is 18.0. The maximum atomic E-state index is 13.8. The molecule has 2 aromatic carbocycles. The van der Waals surface area contributed by atoms with Crippen molar-refractivity contribution in [2.24, 2.45) is 0 Å². The van der Waals surface area contributed by atoms with Crippen LogP contribution in [-0.2, 0) is 10.3 Å². The molecule has 1 aliphatic heterocycles. The molecule has 4 rings (SSSR count). The Morgan fingerprint density at radius 1 is 1.07 bits per heavy atom. The number of carbonyl (C=O) groups excluding carboxylic acids is 1. The fraction of sp³-hybridized carbons (Fsp3) is 0.273. The predicted molar refractivity (Wildman–Crippen MR) is 118 cm³/mol. The number of anilines is 1. The maximum absolute atomic E-state index is 13.8. The van der Waals surface area contributed by atoms with Gasteiger partial charge in [-0.1, -0.05) is 88.4 Å². The number of benzene rings is 2. The van der Waals surface area contributed by atoms with E-state index in [-0.39, 0.29) is 11.8 Å². The van der Waals surface area contributed by atoms with Crippen molar-refractivity contribution < 1.29 is 4.79 Å². The molecule has 0 fully saturated rings. The molecule has 0 radical (unpaired) electrons. The van der Waals surface area contributed by atoms with Gasteiger partial charge in [0.2, 0.25) is 5.91 Å². The van der Waals surface area contributed by atoms with Gasteiger partial charge in [-0.05, 0) is 31.9 Å². The lowest BCUT2D eigenvalue weighted by atomic mass is 9.85. The third-order valence-corrected chi connectivity index (χ3v) is 8.62. The summed E-state index contributed by atoms with van der Waals surface area (Å²) in [5.41, 5.74) is 3.82. The first-order valence-electron chi connectivity index (χ1n) is 9.08. The summed E-state index contributed by atoms with van der Waals surface area (Å²) in [5.74, 6) is -0.0113. The number of carbonyl (C=O) groups is 1. The van der Waals surface area contributed by atoms with Crippen LogP contribution in [0.25, 0.3) is 11.1 Å². The molecule has 0 aliphatic carbocycles. The van der Waals surface area contributed by atoms with Crippen LogP contribution in [0.15, 0.2) is 54.6 Å². The van der Waals surface area contributed by atoms with Crippen LogP contribution in [0.4, 0.5) is 5.69 Å². The lowest BCUT2D eigenvalue weighted by Crippen LogP contribution is -2.49. The molecule has 5 heteroatoms. The minimum atomic E-state index is -0.429. The van der Waals surface area contributed by atoms with Crippen LogP contribution in [0.1, 0.15) is 43.6 Å². The summed E-state index contributed by atoms with van der Waals surface area (Å²) >= 11 is 5.63. The molecule has 27 heavy (non-hydrogen) atoms. The third-order valence-electron chi connectivity index (χ3n) is 5.29. The van der Waals surface area contributed by atoms with Crippen molar-refractivity contribution in [3.05, 3.63) is 68.9 Å². The molecule has 0 saturated heterocycles. The number of rotatable bonds is 3. The molecule has 1 aliphatic rings. The fourth-order valence-electron chi connectivity index (χ4n) is 3.97. The highest BCUT2D eigenvalue weighted by Crippen LogP contribution is 2.52. The number of amides is 1. The molecule has 0 N–H and O–H groups in total. The van der Waals surface area contributed by atoms with Gasteiger partial charge in [0.25, 0.3) is 0 Å². The van der Waals surface area contributed by atoms with Crippen molar-refractivity contribution in [1.82, 2.24) is 0 Å². The summed E-state index contributed by atoms with van der Waals surface area (Å²) < 4.78 is 0.915. The van der Waals surface area contributed by atoms with E-state index < -0.39 is 5.54 Å². The van der Waals surface area contributed by atoms with Gasteiger partial charge in [0.05, 0.1) is 22.0 Å². The van der Waals surface area contributed by atoms with Crippen LogP contribution >= 0.6 is 32.9 Å². The minimum Gasteiger partial charge on any atom is -0.301 e. The first-order valence-corrected chi connectivity index (χ1v) is 11.6. The molecule has 138 valence electrons. The highest BCUT2D eigenvalue weighted by atomic mass is 32.9. The lowest BCUT2D eigenvalue weighted by Gasteiger charge is -2.44. The Morgan fingerprint density at radius 2 is 1.74 bits per heavy atom. The monoisotopic (exact) mass is 411 g/mol. The van der Waals surface area contributed by atoms with Crippen LogP contribution in [0.3, 0.4) is 0 Å². The summed E-state index contributed by atoms with van der Waals surface area (Å²) in [4.78, 5) is 17.0. The number of para-hydroxylation sites is 1. The van der Waals surface area contributed by atoms with Crippen molar-refractivity contribution in [1.29, 1.82) is 0 Å². The van der Waals surface area contributed by atoms with E-state index in [0.29, 0.717) is 0 Å². The number of fused-ring (bicyclic) bond motifs is 3. The summed E-state index contributed by atoms with van der Waals surface area (Å²) in [7, 11) is 3.33. The fourth-order valence-corrected chi connectivity index (χ4v) is 7.25. The minimum absolute atomic E-state index is 0.149. The number of hydrogen-bond acceptors (Lipinski definition) is 4. The highest BCUT2D eigenvalue weighted by molar-refractivity contribution is 7.80. The van der Waals surface area contributed by atoms with Crippen molar-refractivity contribution >= 4 is 44.5 Å². The van der Waals surface area contributed by atoms with Gasteiger partial charge >= 0.3 is 0 Å². The number of hydrogen-bond donors (Lipinski definition) is 0. The molecule has 2 heterocycles. The quantitative estimate of drug-likeness (QED) is 0.342. The van der Waals surface area contributed by atoms with Gasteiger partial charge in [-0.3, -0.25) is 4.79 Å². The van der Waals surface area contributed by atoms with E-state index in [9.17, 15) is 4.79 Å². The summed E-state index contributed by atoms with van der Waals surface area (Å²) in [5, 5.41) is 0. The summed E-state index contributed by atoms with van der Waals surface area (Å²) in [6.45, 7) is 6.35. The standard InChI is InChI=1S/C22H21NOS3/c1-4-15(14-10-6-5-7-11-14)20(24)23-17-13-9-8-12-16(17)18-19(22(23,2)3)26-27-21(18)25/h5-13,15H,4H2,1-3H3. The topological polar surface area (TPSA) is 20.3 Å². The van der Waals surface area contributed by atoms with Crippen LogP contribution in [0.5, 0.6) is 0 Å². The second-order valence-corrected chi connectivity index (χ2v) is 10.1. The molecule has 1 atom stereocenters. The molecule has 0 bridgehead atoms. The van der Waals surface area contributed by atoms with E-state index in [1.54, 1.807) is 20.7 Å². The van der Waals surface area contributed by atoms with Gasteiger partial charge in [0.1, 0.15) is 3.82 Å². The summed E-state index contributed by atoms with van der Waals surface area (Å²) in [6, 6.07) is 18.3. The van der Waals surface area contributed by atoms with Gasteiger partial charge in [0.15, 0.2) is 0 Å². The second kappa shape index (κ2) is 6.97. The van der Waals surface area contributed by atoms with E-state index in [1.165, 1.54) is 4.88 Å². The molecular formula is C22H21NOS3. The van der Waals surface area contributed by atoms with Crippen LogP contribution in [0.2, 0.25) is 0 Å². The average molecular weight is 412 g/mol. The van der Waals surface area contributed by atoms with Gasteiger partial charge in [-0.15, -0.1) is 0 Å². The zero-order valence-electron chi connectivity index (χ0n) is 15.6. The van der Waals surface area contributed by atoms with Gasteiger partial charge in [0, 0.05) is 11.1 Å². The van der Waals surface area contributed by atoms with Crippen molar-refractivity contribution in [2.45, 2.75) is 38.6 Å². The van der Waals surface area contributed by atoms with Crippen molar-refractivity contribution in [3.63, 3.8) is 0 Å². The van der Waals surface area contributed by atoms with Gasteiger partial charge in [-0.25, -0.2) is 0 Å². The average Bonchev–Trinajstić information content (AvgIpc) is 3.06. The Hall–Kier alpha value is -1.82. The van der Waals surface area contributed by atoms with Crippen LogP contribution in [0, 0.1) is 3.82 Å². The number of nitrogens with zero attached hydrogens (tertiary/aromatic N) is 1. The molecule has 3 aromatic rings. The normalized spacial score (nSPS) is 15.7. The van der Waals surface area contributed by atoms with E-state index in [2.05, 4.69) is 39.0 Å². The molecule has 0 saturated carbocycles. The molecule has 0 spiro atoms. The van der Waals surface area contributed by atoms with E-state index in [4.69, 9.17) is 12.2 Å². The largest absolute Gasteiger partial charge is 0.301 e. The van der Waals surface area contributed by atoms with E-state index >= 15 is 0 Å². The Balaban J connectivity index is 1.90. The molecule has 1 aromatic heterocycles. The predicted octanol–water partition coefficient (Wildman–Crippen LogP) is 6.98. The summed E-state index contributed by atoms with van der Waals surface area (Å²) in [6.07, 6.45) is 0.768. The van der Waals surface area contributed by atoms with Crippen LogP contribution < -0.4 is 4.90 Å². The Labute approximate surface area is 172 Å². The Kier molecular flexibility index (Phi) is 4.78. The van der Waals surface area contributed by atoms with Crippen LogP contribution in [-0.4, -0.2) is 5.91 Å². The molecule has 1 amide bonds. The van der Waals surface area contributed by atoms with Crippen molar-refractivity contribution in [3.8, 4) is 11.1 Å². The van der Waals surface area contributed by atoms with E-state index in [1.807, 2.05) is 41.3 Å². The van der Waals surface area contributed by atoms with Crippen molar-refractivity contribution in [2.75, 3.05) is 4.90 Å². The van der Waals surface area contributed by atoms with Gasteiger partial charge in [-0.2, -0.15) is 0 Å². The lowest BCUT2D eigenvalue weighted by molar-refractivity contribution is -0.121. The first kappa shape index (κ1) is 18.5. The zero-order chi connectivity index (χ0) is 19.2. The smallest absolute Gasteiger partial charge is 0.235 e. The third kappa shape index (κ3) is 2.89.